The van der Waals surface area contributed by atoms with Gasteiger partial charge >= 0.3 is 5.97 Å². The molecule has 1 atom stereocenters. The zero-order valence-corrected chi connectivity index (χ0v) is 11.0. The average molecular weight is 266 g/mol. The molecule has 2 aromatic rings. The number of rotatable bonds is 2. The fraction of sp³-hybridized carbons (Fsp3) is 0.118. The van der Waals surface area contributed by atoms with Crippen molar-refractivity contribution in [3.63, 3.8) is 0 Å². The van der Waals surface area contributed by atoms with Gasteiger partial charge in [-0.15, -0.1) is 0 Å². The molecule has 1 aliphatic heterocycles. The largest absolute Gasteiger partial charge is 0.481 e. The maximum absolute atomic E-state index is 11.1. The normalized spacial score (nSPS) is 13.7. The Labute approximate surface area is 117 Å². The molecule has 0 aliphatic carbocycles. The van der Waals surface area contributed by atoms with E-state index in [-0.39, 0.29) is 0 Å². The number of aliphatic carboxylic acids is 1. The molecular weight excluding hydrogens is 252 g/mol. The lowest BCUT2D eigenvalue weighted by Gasteiger charge is -2.12. The molecule has 0 aromatic heterocycles. The number of carboxylic acids is 1. The minimum absolute atomic E-state index is 0.528. The van der Waals surface area contributed by atoms with E-state index in [1.165, 1.54) is 0 Å². The maximum atomic E-state index is 11.1. The second-order valence-electron chi connectivity index (χ2n) is 4.83. The highest BCUT2D eigenvalue weighted by Gasteiger charge is 2.16. The van der Waals surface area contributed by atoms with Gasteiger partial charge in [0.05, 0.1) is 5.92 Å². The number of fused-ring (bicyclic) bond motifs is 2. The first-order valence-corrected chi connectivity index (χ1v) is 6.47. The Balaban J connectivity index is 2.04. The van der Waals surface area contributed by atoms with Crippen LogP contribution in [0, 0.1) is 0 Å². The molecule has 1 aliphatic rings. The Morgan fingerprint density at radius 2 is 1.75 bits per heavy atom. The Morgan fingerprint density at radius 1 is 1.05 bits per heavy atom. The topological polar surface area (TPSA) is 46.5 Å². The highest BCUT2D eigenvalue weighted by atomic mass is 16.5. The summed E-state index contributed by atoms with van der Waals surface area (Å²) in [5, 5.41) is 9.09. The van der Waals surface area contributed by atoms with Crippen LogP contribution < -0.4 is 4.74 Å². The average Bonchev–Trinajstić information content (AvgIpc) is 2.64. The smallest absolute Gasteiger partial charge is 0.310 e. The van der Waals surface area contributed by atoms with Crippen molar-refractivity contribution < 1.29 is 14.6 Å². The van der Waals surface area contributed by atoms with Crippen LogP contribution >= 0.6 is 0 Å². The number of para-hydroxylation sites is 1. The van der Waals surface area contributed by atoms with Crippen molar-refractivity contribution >= 4 is 18.1 Å². The number of carbonyl (C=O) groups is 1. The molecule has 1 unspecified atom stereocenters. The van der Waals surface area contributed by atoms with E-state index in [0.717, 1.165) is 28.2 Å². The van der Waals surface area contributed by atoms with Crippen molar-refractivity contribution in [2.24, 2.45) is 0 Å². The van der Waals surface area contributed by atoms with Gasteiger partial charge in [-0.25, -0.2) is 0 Å². The number of hydrogen-bond acceptors (Lipinski definition) is 2. The van der Waals surface area contributed by atoms with E-state index >= 15 is 0 Å². The molecule has 0 saturated heterocycles. The highest BCUT2D eigenvalue weighted by Crippen LogP contribution is 2.35. The SMILES string of the molecule is CC(C(=O)O)c1ccc2c(c1)C=Cc1ccccc1O2. The predicted octanol–water partition coefficient (Wildman–Crippen LogP) is 4.15. The molecule has 1 N–H and O–H groups in total. The third kappa shape index (κ3) is 2.18. The van der Waals surface area contributed by atoms with Gasteiger partial charge in [-0.3, -0.25) is 4.79 Å². The molecule has 2 aromatic carbocycles. The maximum Gasteiger partial charge on any atom is 0.310 e. The van der Waals surface area contributed by atoms with E-state index in [9.17, 15) is 4.79 Å². The molecule has 0 spiro atoms. The zero-order valence-electron chi connectivity index (χ0n) is 11.0. The lowest BCUT2D eigenvalue weighted by molar-refractivity contribution is -0.138. The molecule has 0 radical (unpaired) electrons. The van der Waals surface area contributed by atoms with Crippen molar-refractivity contribution in [1.29, 1.82) is 0 Å². The molecule has 1 heterocycles. The molecule has 0 amide bonds. The van der Waals surface area contributed by atoms with E-state index in [1.54, 1.807) is 13.0 Å². The molecule has 0 bridgehead atoms. The van der Waals surface area contributed by atoms with Crippen LogP contribution in [0.5, 0.6) is 11.5 Å². The number of benzene rings is 2. The minimum atomic E-state index is -0.827. The van der Waals surface area contributed by atoms with Gasteiger partial charge in [-0.2, -0.15) is 0 Å². The van der Waals surface area contributed by atoms with Gasteiger partial charge in [0.1, 0.15) is 11.5 Å². The van der Waals surface area contributed by atoms with Crippen molar-refractivity contribution in [2.45, 2.75) is 12.8 Å². The van der Waals surface area contributed by atoms with Crippen molar-refractivity contribution in [2.75, 3.05) is 0 Å². The Morgan fingerprint density at radius 3 is 2.55 bits per heavy atom. The molecular formula is C17H14O3. The van der Waals surface area contributed by atoms with E-state index in [2.05, 4.69) is 0 Å². The van der Waals surface area contributed by atoms with Crippen molar-refractivity contribution in [3.05, 3.63) is 59.2 Å². The van der Waals surface area contributed by atoms with E-state index < -0.39 is 11.9 Å². The summed E-state index contributed by atoms with van der Waals surface area (Å²) in [5.41, 5.74) is 2.68. The summed E-state index contributed by atoms with van der Waals surface area (Å²) < 4.78 is 5.89. The van der Waals surface area contributed by atoms with Crippen LogP contribution in [-0.2, 0) is 4.79 Å². The van der Waals surface area contributed by atoms with Crippen LogP contribution in [-0.4, -0.2) is 11.1 Å². The van der Waals surface area contributed by atoms with Crippen LogP contribution in [0.1, 0.15) is 29.5 Å². The van der Waals surface area contributed by atoms with Crippen LogP contribution in [0.15, 0.2) is 42.5 Å². The van der Waals surface area contributed by atoms with Crippen LogP contribution in [0.3, 0.4) is 0 Å². The summed E-state index contributed by atoms with van der Waals surface area (Å²) in [6.07, 6.45) is 3.94. The number of hydrogen-bond donors (Lipinski definition) is 1. The first-order valence-electron chi connectivity index (χ1n) is 6.47. The van der Waals surface area contributed by atoms with Crippen molar-refractivity contribution in [1.82, 2.24) is 0 Å². The lowest BCUT2D eigenvalue weighted by Crippen LogP contribution is -2.07. The van der Waals surface area contributed by atoms with Gasteiger partial charge in [-0.1, -0.05) is 36.4 Å². The first kappa shape index (κ1) is 12.5. The molecule has 0 saturated carbocycles. The van der Waals surface area contributed by atoms with Gasteiger partial charge in [-0.05, 0) is 30.7 Å². The Kier molecular flexibility index (Phi) is 3.03. The summed E-state index contributed by atoms with van der Waals surface area (Å²) in [4.78, 5) is 11.1. The van der Waals surface area contributed by atoms with Crippen LogP contribution in [0.25, 0.3) is 12.2 Å². The summed E-state index contributed by atoms with van der Waals surface area (Å²) in [5.74, 6) is 0.195. The Bertz CT molecular complexity index is 701. The summed E-state index contributed by atoms with van der Waals surface area (Å²) in [6.45, 7) is 1.68. The monoisotopic (exact) mass is 266 g/mol. The van der Waals surface area contributed by atoms with Gasteiger partial charge in [0.25, 0.3) is 0 Å². The highest BCUT2D eigenvalue weighted by molar-refractivity contribution is 5.80. The molecule has 3 rings (SSSR count). The third-order valence-corrected chi connectivity index (χ3v) is 3.49. The first-order chi connectivity index (χ1) is 9.65. The molecule has 3 heteroatoms. The minimum Gasteiger partial charge on any atom is -0.481 e. The van der Waals surface area contributed by atoms with E-state index in [0.29, 0.717) is 0 Å². The fourth-order valence-corrected chi connectivity index (χ4v) is 2.21. The van der Waals surface area contributed by atoms with Gasteiger partial charge in [0.2, 0.25) is 0 Å². The number of carboxylic acid groups (broad SMARTS) is 1. The molecule has 100 valence electrons. The molecule has 0 fully saturated rings. The lowest BCUT2D eigenvalue weighted by atomic mass is 9.98. The molecule has 3 nitrogen and oxygen atoms in total. The summed E-state index contributed by atoms with van der Waals surface area (Å²) >= 11 is 0. The van der Waals surface area contributed by atoms with Crippen LogP contribution in [0.2, 0.25) is 0 Å². The molecule has 20 heavy (non-hydrogen) atoms. The van der Waals surface area contributed by atoms with Gasteiger partial charge in [0.15, 0.2) is 0 Å². The second kappa shape index (κ2) is 4.85. The summed E-state index contributed by atoms with van der Waals surface area (Å²) in [6, 6.07) is 13.3. The van der Waals surface area contributed by atoms with Gasteiger partial charge < -0.3 is 9.84 Å². The Hall–Kier alpha value is -2.55. The van der Waals surface area contributed by atoms with Gasteiger partial charge in [0, 0.05) is 11.1 Å². The number of ether oxygens (including phenoxy) is 1. The quantitative estimate of drug-likeness (QED) is 0.757. The fourth-order valence-electron chi connectivity index (χ4n) is 2.21. The van der Waals surface area contributed by atoms with Crippen LogP contribution in [0.4, 0.5) is 0 Å². The van der Waals surface area contributed by atoms with Crippen molar-refractivity contribution in [3.8, 4) is 11.5 Å². The predicted molar refractivity (Wildman–Crippen MR) is 77.9 cm³/mol. The second-order valence-corrected chi connectivity index (χ2v) is 4.83. The van der Waals surface area contributed by atoms with E-state index in [1.807, 2.05) is 48.6 Å². The standard InChI is InChI=1S/C17H14O3/c1-11(17(18)19)13-8-9-16-14(10-13)7-6-12-4-2-3-5-15(12)20-16/h2-11H,1H3,(H,18,19). The van der Waals surface area contributed by atoms with E-state index in [4.69, 9.17) is 9.84 Å². The zero-order chi connectivity index (χ0) is 14.1. The third-order valence-electron chi connectivity index (χ3n) is 3.49. The summed E-state index contributed by atoms with van der Waals surface area (Å²) in [7, 11) is 0.